The van der Waals surface area contributed by atoms with E-state index >= 15 is 0 Å². The lowest BCUT2D eigenvalue weighted by atomic mass is 10.1. The minimum absolute atomic E-state index is 0.00233. The van der Waals surface area contributed by atoms with Gasteiger partial charge in [0.25, 0.3) is 15.9 Å². The lowest BCUT2D eigenvalue weighted by molar-refractivity contribution is 0.0711. The molecule has 1 aromatic heterocycles. The molecule has 0 aliphatic rings. The van der Waals surface area contributed by atoms with Gasteiger partial charge in [0.05, 0.1) is 16.3 Å². The normalized spacial score (nSPS) is 11.1. The lowest BCUT2D eigenvalue weighted by Crippen LogP contribution is -2.43. The first-order chi connectivity index (χ1) is 15.3. The first-order valence-electron chi connectivity index (χ1n) is 9.74. The third-order valence-corrected chi connectivity index (χ3v) is 7.09. The molecule has 2 aromatic carbocycles. The van der Waals surface area contributed by atoms with Gasteiger partial charge in [0.15, 0.2) is 0 Å². The van der Waals surface area contributed by atoms with Crippen molar-refractivity contribution in [2.45, 2.75) is 24.8 Å². The minimum atomic E-state index is -4.04. The van der Waals surface area contributed by atoms with Crippen LogP contribution in [0.15, 0.2) is 71.6 Å². The van der Waals surface area contributed by atoms with Crippen LogP contribution in [0, 0.1) is 6.92 Å². The summed E-state index contributed by atoms with van der Waals surface area (Å²) in [5, 5.41) is 8.80. The zero-order chi connectivity index (χ0) is 23.1. The van der Waals surface area contributed by atoms with Gasteiger partial charge < -0.3 is 4.90 Å². The van der Waals surface area contributed by atoms with Crippen LogP contribution in [0.5, 0.6) is 0 Å². The van der Waals surface area contributed by atoms with Crippen LogP contribution in [-0.2, 0) is 23.0 Å². The number of hydrogen-bond acceptors (Lipinski definition) is 6. The number of aryl methyl sites for hydroxylation is 1. The number of hydroxylamine groups is 1. The second-order valence-corrected chi connectivity index (χ2v) is 9.94. The van der Waals surface area contributed by atoms with Crippen molar-refractivity contribution >= 4 is 33.3 Å². The summed E-state index contributed by atoms with van der Waals surface area (Å²) in [5.74, 6) is -0.650. The van der Waals surface area contributed by atoms with E-state index in [4.69, 9.17) is 5.21 Å². The molecule has 0 saturated heterocycles. The van der Waals surface area contributed by atoms with E-state index < -0.39 is 22.0 Å². The zero-order valence-corrected chi connectivity index (χ0v) is 18.9. The molecule has 168 valence electrons. The fraction of sp³-hybridized carbons (Fsp3) is 0.182. The zero-order valence-electron chi connectivity index (χ0n) is 17.3. The Morgan fingerprint density at radius 3 is 2.34 bits per heavy atom. The highest BCUT2D eigenvalue weighted by Gasteiger charge is 2.23. The third kappa shape index (κ3) is 6.16. The van der Waals surface area contributed by atoms with Crippen LogP contribution in [0.2, 0.25) is 0 Å². The molecule has 10 heteroatoms. The van der Waals surface area contributed by atoms with Gasteiger partial charge in [-0.05, 0) is 43.2 Å². The topological polar surface area (TPSA) is 116 Å². The van der Waals surface area contributed by atoms with E-state index in [0.29, 0.717) is 11.3 Å². The van der Waals surface area contributed by atoms with Crippen LogP contribution < -0.4 is 10.2 Å². The summed E-state index contributed by atoms with van der Waals surface area (Å²) in [4.78, 5) is 26.9. The molecular weight excluding hydrogens is 450 g/mol. The van der Waals surface area contributed by atoms with Gasteiger partial charge in [-0.15, -0.1) is 11.3 Å². The highest BCUT2D eigenvalue weighted by molar-refractivity contribution is 7.90. The molecule has 0 aliphatic carbocycles. The van der Waals surface area contributed by atoms with Crippen molar-refractivity contribution in [1.29, 1.82) is 0 Å². The Morgan fingerprint density at radius 2 is 1.69 bits per heavy atom. The van der Waals surface area contributed by atoms with Gasteiger partial charge in [-0.2, -0.15) is 0 Å². The van der Waals surface area contributed by atoms with E-state index in [0.717, 1.165) is 22.5 Å². The maximum absolute atomic E-state index is 12.9. The van der Waals surface area contributed by atoms with E-state index in [1.165, 1.54) is 23.1 Å². The van der Waals surface area contributed by atoms with Crippen molar-refractivity contribution in [3.05, 3.63) is 87.6 Å². The molecule has 3 amide bonds. The molecule has 3 N–H and O–H groups in total. The Hall–Kier alpha value is -3.21. The van der Waals surface area contributed by atoms with Crippen LogP contribution in [0.4, 0.5) is 4.79 Å². The summed E-state index contributed by atoms with van der Waals surface area (Å²) < 4.78 is 27.5. The predicted molar refractivity (Wildman–Crippen MR) is 121 cm³/mol. The van der Waals surface area contributed by atoms with E-state index in [1.807, 2.05) is 37.3 Å². The third-order valence-electron chi connectivity index (χ3n) is 4.69. The fourth-order valence-corrected chi connectivity index (χ4v) is 4.83. The summed E-state index contributed by atoms with van der Waals surface area (Å²) >= 11 is 1.11. The molecule has 32 heavy (non-hydrogen) atoms. The molecule has 0 fully saturated rings. The molecular formula is C22H23N3O5S2. The molecule has 8 nitrogen and oxygen atoms in total. The van der Waals surface area contributed by atoms with Crippen LogP contribution in [0.25, 0.3) is 0 Å². The van der Waals surface area contributed by atoms with E-state index in [9.17, 15) is 18.0 Å². The molecule has 1 heterocycles. The van der Waals surface area contributed by atoms with Crippen molar-refractivity contribution in [3.63, 3.8) is 0 Å². The van der Waals surface area contributed by atoms with Crippen LogP contribution >= 0.6 is 11.3 Å². The predicted octanol–water partition coefficient (Wildman–Crippen LogP) is 3.32. The maximum atomic E-state index is 12.9. The number of thiophene rings is 1. The number of nitrogens with zero attached hydrogens (tertiary/aromatic N) is 1. The second kappa shape index (κ2) is 10.4. The smallest absolute Gasteiger partial charge is 0.319 e. The summed E-state index contributed by atoms with van der Waals surface area (Å²) in [6.07, 6.45) is 0.522. The van der Waals surface area contributed by atoms with E-state index in [1.54, 1.807) is 23.7 Å². The largest absolute Gasteiger partial charge is 0.331 e. The second-order valence-electron chi connectivity index (χ2n) is 7.09. The number of urea groups is 1. The maximum Gasteiger partial charge on any atom is 0.331 e. The van der Waals surface area contributed by atoms with Gasteiger partial charge in [0.2, 0.25) is 0 Å². The van der Waals surface area contributed by atoms with Crippen molar-refractivity contribution in [3.8, 4) is 0 Å². The van der Waals surface area contributed by atoms with Crippen LogP contribution in [0.3, 0.4) is 0 Å². The van der Waals surface area contributed by atoms with Crippen molar-refractivity contribution in [1.82, 2.24) is 15.1 Å². The molecule has 0 radical (unpaired) electrons. The summed E-state index contributed by atoms with van der Waals surface area (Å²) in [5.41, 5.74) is 3.47. The van der Waals surface area contributed by atoms with E-state index in [2.05, 4.69) is 4.72 Å². The van der Waals surface area contributed by atoms with Crippen molar-refractivity contribution in [2.24, 2.45) is 0 Å². The average molecular weight is 474 g/mol. The number of hydrogen-bond donors (Lipinski definition) is 3. The van der Waals surface area contributed by atoms with E-state index in [-0.39, 0.29) is 22.9 Å². The van der Waals surface area contributed by atoms with Crippen molar-refractivity contribution < 1.29 is 23.2 Å². The van der Waals surface area contributed by atoms with Gasteiger partial charge >= 0.3 is 6.03 Å². The Kier molecular flexibility index (Phi) is 7.62. The SMILES string of the molecule is Cc1ccc(S(=O)(=O)NC(=O)N(CCc2ccccc2)Cc2ccc(C(=O)NO)s2)cc1. The lowest BCUT2D eigenvalue weighted by Gasteiger charge is -2.22. The molecule has 3 rings (SSSR count). The quantitative estimate of drug-likeness (QED) is 0.343. The Bertz CT molecular complexity index is 1180. The highest BCUT2D eigenvalue weighted by Crippen LogP contribution is 2.19. The number of rotatable bonds is 8. The van der Waals surface area contributed by atoms with Gasteiger partial charge in [0.1, 0.15) is 0 Å². The monoisotopic (exact) mass is 473 g/mol. The molecule has 0 aliphatic heterocycles. The molecule has 0 atom stereocenters. The van der Waals surface area contributed by atoms with Gasteiger partial charge in [0, 0.05) is 11.4 Å². The minimum Gasteiger partial charge on any atom is -0.319 e. The fourth-order valence-electron chi connectivity index (χ4n) is 2.95. The first kappa shape index (κ1) is 23.5. The van der Waals surface area contributed by atoms with Gasteiger partial charge in [-0.3, -0.25) is 10.0 Å². The van der Waals surface area contributed by atoms with Crippen molar-refractivity contribution in [2.75, 3.05) is 6.54 Å². The molecule has 0 spiro atoms. The number of nitrogens with one attached hydrogen (secondary N) is 2. The summed E-state index contributed by atoms with van der Waals surface area (Å²) in [6.45, 7) is 2.21. The number of amides is 3. The average Bonchev–Trinajstić information content (AvgIpc) is 3.25. The Morgan fingerprint density at radius 1 is 1.00 bits per heavy atom. The number of carbonyl (C=O) groups excluding carboxylic acids is 2. The van der Waals surface area contributed by atoms with Crippen LogP contribution in [0.1, 0.15) is 25.7 Å². The molecule has 3 aromatic rings. The van der Waals surface area contributed by atoms with Gasteiger partial charge in [-0.25, -0.2) is 23.4 Å². The standard InChI is InChI=1S/C22H23N3O5S2/c1-16-7-10-19(11-8-16)32(29,30)24-22(27)25(14-13-17-5-3-2-4-6-17)15-18-9-12-20(31-18)21(26)23-28/h2-12,28H,13-15H2,1H3,(H,23,26)(H,24,27). The number of carbonyl (C=O) groups is 2. The molecule has 0 saturated carbocycles. The summed E-state index contributed by atoms with van der Waals surface area (Å²) in [7, 11) is -4.04. The Balaban J connectivity index is 1.78. The van der Waals surface area contributed by atoms with Gasteiger partial charge in [-0.1, -0.05) is 48.0 Å². The molecule has 0 unspecified atom stereocenters. The highest BCUT2D eigenvalue weighted by atomic mass is 32.2. The number of sulfonamides is 1. The summed E-state index contributed by atoms with van der Waals surface area (Å²) in [6, 6.07) is 18.1. The molecule has 0 bridgehead atoms. The first-order valence-corrected chi connectivity index (χ1v) is 12.0. The Labute approximate surface area is 190 Å². The van der Waals surface area contributed by atoms with Crippen LogP contribution in [-0.4, -0.2) is 37.0 Å². The number of benzene rings is 2.